The molecule has 3 aromatic rings. The summed E-state index contributed by atoms with van der Waals surface area (Å²) in [6, 6.07) is 10.9. The van der Waals surface area contributed by atoms with Crippen molar-refractivity contribution < 1.29 is 9.59 Å². The topological polar surface area (TPSA) is 78.1 Å². The lowest BCUT2D eigenvalue weighted by molar-refractivity contribution is -0.121. The summed E-state index contributed by atoms with van der Waals surface area (Å²) >= 11 is 5.98. The molecule has 1 aromatic carbocycles. The molecule has 1 aliphatic rings. The first-order valence-corrected chi connectivity index (χ1v) is 9.65. The van der Waals surface area contributed by atoms with Crippen LogP contribution < -0.4 is 5.32 Å². The first-order chi connectivity index (χ1) is 13.5. The molecule has 0 saturated carbocycles. The second kappa shape index (κ2) is 7.64. The molecule has 7 heteroatoms. The van der Waals surface area contributed by atoms with Crippen molar-refractivity contribution in [3.63, 3.8) is 0 Å². The van der Waals surface area contributed by atoms with E-state index in [4.69, 9.17) is 11.6 Å². The third-order valence-corrected chi connectivity index (χ3v) is 5.34. The Kier molecular flexibility index (Phi) is 5.05. The molecule has 2 unspecified atom stereocenters. The zero-order chi connectivity index (χ0) is 19.7. The molecule has 0 aliphatic carbocycles. The van der Waals surface area contributed by atoms with Crippen LogP contribution in [-0.4, -0.2) is 45.3 Å². The van der Waals surface area contributed by atoms with Crippen molar-refractivity contribution in [1.29, 1.82) is 0 Å². The predicted molar refractivity (Wildman–Crippen MR) is 108 cm³/mol. The van der Waals surface area contributed by atoms with Gasteiger partial charge < -0.3 is 15.2 Å². The van der Waals surface area contributed by atoms with Gasteiger partial charge in [0.15, 0.2) is 0 Å². The van der Waals surface area contributed by atoms with E-state index >= 15 is 0 Å². The number of carbonyl (C=O) groups is 2. The number of rotatable bonds is 4. The molecular weight excluding hydrogens is 376 g/mol. The van der Waals surface area contributed by atoms with Gasteiger partial charge in [0.2, 0.25) is 5.91 Å². The lowest BCUT2D eigenvalue weighted by Crippen LogP contribution is -2.39. The number of H-pyrrole nitrogens is 1. The average molecular weight is 397 g/mol. The number of benzene rings is 1. The van der Waals surface area contributed by atoms with Crippen molar-refractivity contribution in [2.75, 3.05) is 6.54 Å². The van der Waals surface area contributed by atoms with E-state index in [1.807, 2.05) is 36.1 Å². The quantitative estimate of drug-likeness (QED) is 0.711. The van der Waals surface area contributed by atoms with Crippen molar-refractivity contribution in [3.05, 3.63) is 65.1 Å². The number of aromatic amines is 1. The highest BCUT2D eigenvalue weighted by molar-refractivity contribution is 6.30. The summed E-state index contributed by atoms with van der Waals surface area (Å²) in [7, 11) is 0. The molecular formula is C21H21ClN4O2. The zero-order valence-electron chi connectivity index (χ0n) is 15.5. The summed E-state index contributed by atoms with van der Waals surface area (Å²) in [6.07, 6.45) is 4.43. The molecule has 0 radical (unpaired) electrons. The number of nitrogens with zero attached hydrogens (tertiary/aromatic N) is 2. The number of fused-ring (bicyclic) bond motifs is 1. The maximum Gasteiger partial charge on any atom is 0.270 e. The van der Waals surface area contributed by atoms with Crippen molar-refractivity contribution in [2.45, 2.75) is 31.8 Å². The molecule has 2 aromatic heterocycles. The zero-order valence-corrected chi connectivity index (χ0v) is 16.2. The van der Waals surface area contributed by atoms with E-state index in [1.165, 1.54) is 0 Å². The number of hydrogen-bond acceptors (Lipinski definition) is 3. The van der Waals surface area contributed by atoms with Crippen LogP contribution in [-0.2, 0) is 11.2 Å². The van der Waals surface area contributed by atoms with Crippen LogP contribution >= 0.6 is 11.6 Å². The second-order valence-electron chi connectivity index (χ2n) is 7.26. The van der Waals surface area contributed by atoms with Crippen molar-refractivity contribution >= 4 is 34.3 Å². The molecule has 2 N–H and O–H groups in total. The molecule has 0 bridgehead atoms. The van der Waals surface area contributed by atoms with Gasteiger partial charge in [-0.25, -0.2) is 0 Å². The highest BCUT2D eigenvalue weighted by Gasteiger charge is 2.34. The second-order valence-corrected chi connectivity index (χ2v) is 7.70. The lowest BCUT2D eigenvalue weighted by atomic mass is 10.1. The fraction of sp³-hybridized carbons (Fsp3) is 0.286. The van der Waals surface area contributed by atoms with E-state index in [0.29, 0.717) is 17.3 Å². The van der Waals surface area contributed by atoms with Crippen LogP contribution in [0.3, 0.4) is 0 Å². The van der Waals surface area contributed by atoms with Crippen LogP contribution in [0.1, 0.15) is 29.4 Å². The van der Waals surface area contributed by atoms with Gasteiger partial charge >= 0.3 is 0 Å². The van der Waals surface area contributed by atoms with Gasteiger partial charge in [0, 0.05) is 46.9 Å². The molecule has 1 aliphatic heterocycles. The smallest absolute Gasteiger partial charge is 0.270 e. The van der Waals surface area contributed by atoms with E-state index < -0.39 is 0 Å². The van der Waals surface area contributed by atoms with Gasteiger partial charge in [-0.2, -0.15) is 0 Å². The first-order valence-electron chi connectivity index (χ1n) is 9.27. The maximum absolute atomic E-state index is 12.9. The summed E-state index contributed by atoms with van der Waals surface area (Å²) in [5.74, 6) is -0.124. The average Bonchev–Trinajstić information content (AvgIpc) is 3.24. The first kappa shape index (κ1) is 18.5. The van der Waals surface area contributed by atoms with Gasteiger partial charge in [0.1, 0.15) is 5.69 Å². The Hall–Kier alpha value is -2.86. The molecule has 144 valence electrons. The molecule has 2 atom stereocenters. The van der Waals surface area contributed by atoms with Crippen LogP contribution in [0.25, 0.3) is 10.9 Å². The minimum atomic E-state index is -0.0644. The number of nitrogens with one attached hydrogen (secondary N) is 2. The minimum Gasteiger partial charge on any atom is -0.351 e. The standard InChI is InChI=1S/C21H21ClN4O2/c1-13-7-17(24-20(27)9-14-3-2-4-16(22)8-14)12-26(13)21(28)19-10-15-11-23-6-5-18(15)25-19/h2-6,8,10-11,13,17,25H,7,9,12H2,1H3,(H,24,27). The van der Waals surface area contributed by atoms with Gasteiger partial charge in [-0.05, 0) is 43.2 Å². The predicted octanol–water partition coefficient (Wildman–Crippen LogP) is 3.18. The largest absolute Gasteiger partial charge is 0.351 e. The summed E-state index contributed by atoms with van der Waals surface area (Å²) in [5.41, 5.74) is 2.30. The number of likely N-dealkylation sites (tertiary alicyclic amines) is 1. The number of amides is 2. The molecule has 3 heterocycles. The Morgan fingerprint density at radius 2 is 2.18 bits per heavy atom. The Bertz CT molecular complexity index is 999. The van der Waals surface area contributed by atoms with Gasteiger partial charge in [-0.1, -0.05) is 23.7 Å². The summed E-state index contributed by atoms with van der Waals surface area (Å²) in [4.78, 5) is 34.4. The number of aromatic nitrogens is 2. The van der Waals surface area contributed by atoms with Crippen molar-refractivity contribution in [2.24, 2.45) is 0 Å². The van der Waals surface area contributed by atoms with Crippen LogP contribution in [0.15, 0.2) is 48.8 Å². The third kappa shape index (κ3) is 3.87. The molecule has 1 fully saturated rings. The van der Waals surface area contributed by atoms with Crippen LogP contribution in [0.5, 0.6) is 0 Å². The Morgan fingerprint density at radius 3 is 2.96 bits per heavy atom. The fourth-order valence-corrected chi connectivity index (χ4v) is 3.98. The van der Waals surface area contributed by atoms with E-state index in [1.54, 1.807) is 24.5 Å². The molecule has 2 amide bonds. The summed E-state index contributed by atoms with van der Waals surface area (Å²) in [6.45, 7) is 2.50. The number of carbonyl (C=O) groups excluding carboxylic acids is 2. The van der Waals surface area contributed by atoms with Gasteiger partial charge in [-0.3, -0.25) is 14.6 Å². The maximum atomic E-state index is 12.9. The molecule has 4 rings (SSSR count). The van der Waals surface area contributed by atoms with Crippen molar-refractivity contribution in [3.8, 4) is 0 Å². The fourth-order valence-electron chi connectivity index (χ4n) is 3.77. The molecule has 28 heavy (non-hydrogen) atoms. The Morgan fingerprint density at radius 1 is 1.32 bits per heavy atom. The number of hydrogen-bond donors (Lipinski definition) is 2. The van der Waals surface area contributed by atoms with Gasteiger partial charge in [0.05, 0.1) is 6.42 Å². The normalized spacial score (nSPS) is 19.1. The van der Waals surface area contributed by atoms with E-state index in [-0.39, 0.29) is 30.3 Å². The van der Waals surface area contributed by atoms with Crippen LogP contribution in [0.4, 0.5) is 0 Å². The highest BCUT2D eigenvalue weighted by Crippen LogP contribution is 2.22. The monoisotopic (exact) mass is 396 g/mol. The Balaban J connectivity index is 1.39. The number of halogens is 1. The summed E-state index contributed by atoms with van der Waals surface area (Å²) in [5, 5.41) is 4.57. The Labute approximate surface area is 167 Å². The molecule has 6 nitrogen and oxygen atoms in total. The van der Waals surface area contributed by atoms with Gasteiger partial charge in [-0.15, -0.1) is 0 Å². The highest BCUT2D eigenvalue weighted by atomic mass is 35.5. The minimum absolute atomic E-state index is 0.0495. The van der Waals surface area contributed by atoms with Crippen molar-refractivity contribution in [1.82, 2.24) is 20.2 Å². The van der Waals surface area contributed by atoms with E-state index in [0.717, 1.165) is 22.9 Å². The van der Waals surface area contributed by atoms with Crippen LogP contribution in [0.2, 0.25) is 5.02 Å². The summed E-state index contributed by atoms with van der Waals surface area (Å²) < 4.78 is 0. The van der Waals surface area contributed by atoms with E-state index in [9.17, 15) is 9.59 Å². The van der Waals surface area contributed by atoms with E-state index in [2.05, 4.69) is 15.3 Å². The van der Waals surface area contributed by atoms with Gasteiger partial charge in [0.25, 0.3) is 5.91 Å². The third-order valence-electron chi connectivity index (χ3n) is 5.11. The SMILES string of the molecule is CC1CC(NC(=O)Cc2cccc(Cl)c2)CN1C(=O)c1cc2cnccc2[nH]1. The molecule has 0 spiro atoms. The van der Waals surface area contributed by atoms with Crippen LogP contribution in [0, 0.1) is 0 Å². The molecule has 1 saturated heterocycles. The number of pyridine rings is 1. The lowest BCUT2D eigenvalue weighted by Gasteiger charge is -2.20.